The van der Waals surface area contributed by atoms with Crippen LogP contribution in [0.5, 0.6) is 11.5 Å². The first-order chi connectivity index (χ1) is 17.8. The average molecular weight is 648 g/mol. The molecule has 10 heteroatoms. The van der Waals surface area contributed by atoms with E-state index in [0.717, 1.165) is 20.4 Å². The highest BCUT2D eigenvalue weighted by atomic mass is 127. The van der Waals surface area contributed by atoms with E-state index in [1.54, 1.807) is 24.3 Å². The number of amidine groups is 1. The molecule has 0 radical (unpaired) electrons. The Kier molecular flexibility index (Phi) is 9.12. The number of rotatable bonds is 8. The van der Waals surface area contributed by atoms with Crippen LogP contribution in [0.3, 0.4) is 0 Å². The minimum Gasteiger partial charge on any atom is -0.490 e. The van der Waals surface area contributed by atoms with Crippen LogP contribution in [0.1, 0.15) is 18.1 Å². The predicted octanol–water partition coefficient (Wildman–Crippen LogP) is 6.56. The number of aliphatic imine (C=N–C) groups is 1. The van der Waals surface area contributed by atoms with Gasteiger partial charge in [0.1, 0.15) is 0 Å². The van der Waals surface area contributed by atoms with Gasteiger partial charge in [0, 0.05) is 10.7 Å². The van der Waals surface area contributed by atoms with E-state index in [9.17, 15) is 9.59 Å². The molecule has 190 valence electrons. The van der Waals surface area contributed by atoms with E-state index in [2.05, 4.69) is 38.2 Å². The van der Waals surface area contributed by atoms with E-state index in [1.165, 1.54) is 11.8 Å². The molecule has 0 aliphatic carbocycles. The van der Waals surface area contributed by atoms with Crippen LogP contribution in [-0.2, 0) is 9.59 Å². The molecule has 1 aliphatic rings. The third kappa shape index (κ3) is 7.27. The molecule has 2 N–H and O–H groups in total. The summed E-state index contributed by atoms with van der Waals surface area (Å²) in [4.78, 5) is 30.0. The van der Waals surface area contributed by atoms with Crippen LogP contribution in [0.2, 0.25) is 5.02 Å². The van der Waals surface area contributed by atoms with Crippen molar-refractivity contribution in [2.24, 2.45) is 4.99 Å². The molecule has 0 saturated carbocycles. The van der Waals surface area contributed by atoms with Gasteiger partial charge in [0.15, 0.2) is 23.3 Å². The number of nitrogens with one attached hydrogen (secondary N) is 2. The molecule has 3 aromatic carbocycles. The van der Waals surface area contributed by atoms with Crippen molar-refractivity contribution in [3.8, 4) is 11.5 Å². The number of carbonyl (C=O) groups is 2. The molecule has 0 aromatic heterocycles. The fourth-order valence-corrected chi connectivity index (χ4v) is 5.13. The van der Waals surface area contributed by atoms with Crippen molar-refractivity contribution in [2.75, 3.05) is 18.5 Å². The van der Waals surface area contributed by atoms with Crippen molar-refractivity contribution in [2.45, 2.75) is 13.8 Å². The molecule has 7 nitrogen and oxygen atoms in total. The second kappa shape index (κ2) is 12.5. The number of benzene rings is 3. The van der Waals surface area contributed by atoms with Gasteiger partial charge in [-0.2, -0.15) is 0 Å². The van der Waals surface area contributed by atoms with Crippen molar-refractivity contribution in [1.29, 1.82) is 0 Å². The van der Waals surface area contributed by atoms with E-state index in [-0.39, 0.29) is 18.4 Å². The standard InChI is InChI=1S/C27H23ClIN3O4S/c1-3-35-22-12-17(13-23-26(34)32-27(37-23)31-18-7-5-4-6-8-18)11-21(29)25(22)36-15-24(33)30-19-10-9-16(2)20(28)14-19/h4-14H,3,15H2,1-2H3,(H,30,33)(H,31,32,34)/b23-13-. The average Bonchev–Trinajstić information content (AvgIpc) is 3.20. The summed E-state index contributed by atoms with van der Waals surface area (Å²) in [6.45, 7) is 3.95. The number of ether oxygens (including phenoxy) is 2. The smallest absolute Gasteiger partial charge is 0.264 e. The maximum absolute atomic E-state index is 12.5. The lowest BCUT2D eigenvalue weighted by Gasteiger charge is -2.15. The molecule has 0 unspecified atom stereocenters. The molecular formula is C27H23ClIN3O4S. The first kappa shape index (κ1) is 27.0. The maximum atomic E-state index is 12.5. The van der Waals surface area contributed by atoms with E-state index in [4.69, 9.17) is 21.1 Å². The highest BCUT2D eigenvalue weighted by Gasteiger charge is 2.24. The summed E-state index contributed by atoms with van der Waals surface area (Å²) >= 11 is 9.53. The Labute approximate surface area is 237 Å². The zero-order chi connectivity index (χ0) is 26.4. The van der Waals surface area contributed by atoms with E-state index in [1.807, 2.05) is 56.3 Å². The van der Waals surface area contributed by atoms with Crippen molar-refractivity contribution >= 4 is 80.4 Å². The first-order valence-electron chi connectivity index (χ1n) is 11.3. The third-order valence-corrected chi connectivity index (χ3v) is 7.19. The molecule has 0 atom stereocenters. The second-order valence-electron chi connectivity index (χ2n) is 7.88. The normalized spacial score (nSPS) is 15.1. The fraction of sp³-hybridized carbons (Fsp3) is 0.148. The fourth-order valence-electron chi connectivity index (χ4n) is 3.33. The number of halogens is 2. The lowest BCUT2D eigenvalue weighted by atomic mass is 10.2. The number of aryl methyl sites for hydroxylation is 1. The molecule has 3 aromatic rings. The van der Waals surface area contributed by atoms with Gasteiger partial charge in [0.05, 0.1) is 20.8 Å². The lowest BCUT2D eigenvalue weighted by Crippen LogP contribution is -2.20. The van der Waals surface area contributed by atoms with Crippen molar-refractivity contribution in [1.82, 2.24) is 5.32 Å². The lowest BCUT2D eigenvalue weighted by molar-refractivity contribution is -0.118. The third-order valence-electron chi connectivity index (χ3n) is 5.07. The van der Waals surface area contributed by atoms with E-state index in [0.29, 0.717) is 38.9 Å². The number of carbonyl (C=O) groups excluding carboxylic acids is 2. The van der Waals surface area contributed by atoms with Gasteiger partial charge in [-0.25, -0.2) is 4.99 Å². The number of thioether (sulfide) groups is 1. The minimum atomic E-state index is -0.325. The molecule has 4 rings (SSSR count). The van der Waals surface area contributed by atoms with E-state index < -0.39 is 0 Å². The summed E-state index contributed by atoms with van der Waals surface area (Å²) in [5.74, 6) is 0.389. The van der Waals surface area contributed by atoms with Crippen molar-refractivity contribution in [3.05, 3.63) is 85.3 Å². The van der Waals surface area contributed by atoms with Crippen molar-refractivity contribution in [3.63, 3.8) is 0 Å². The van der Waals surface area contributed by atoms with Crippen LogP contribution in [-0.4, -0.2) is 30.2 Å². The summed E-state index contributed by atoms with van der Waals surface area (Å²) in [5, 5.41) is 6.66. The first-order valence-corrected chi connectivity index (χ1v) is 13.6. The number of para-hydroxylation sites is 1. The van der Waals surface area contributed by atoms with Gasteiger partial charge in [-0.1, -0.05) is 35.9 Å². The highest BCUT2D eigenvalue weighted by molar-refractivity contribution is 14.1. The minimum absolute atomic E-state index is 0.209. The zero-order valence-corrected chi connectivity index (χ0v) is 23.7. The molecule has 0 spiro atoms. The van der Waals surface area contributed by atoms with Gasteiger partial charge in [0.25, 0.3) is 11.8 Å². The Balaban J connectivity index is 1.48. The SMILES string of the molecule is CCOc1cc(/C=C2\SC(=Nc3ccccc3)NC2=O)cc(I)c1OCC(=O)Nc1ccc(C)c(Cl)c1. The molecule has 1 fully saturated rings. The summed E-state index contributed by atoms with van der Waals surface area (Å²) in [7, 11) is 0. The van der Waals surface area contributed by atoms with Gasteiger partial charge in [-0.05, 0) is 102 Å². The van der Waals surface area contributed by atoms with Crippen LogP contribution in [0.15, 0.2) is 70.6 Å². The molecule has 1 saturated heterocycles. The van der Waals surface area contributed by atoms with Crippen LogP contribution in [0, 0.1) is 10.5 Å². The van der Waals surface area contributed by atoms with Crippen LogP contribution < -0.4 is 20.1 Å². The predicted molar refractivity (Wildman–Crippen MR) is 158 cm³/mol. The van der Waals surface area contributed by atoms with Crippen molar-refractivity contribution < 1.29 is 19.1 Å². The molecule has 0 bridgehead atoms. The van der Waals surface area contributed by atoms with Crippen LogP contribution in [0.25, 0.3) is 6.08 Å². The molecular weight excluding hydrogens is 625 g/mol. The largest absolute Gasteiger partial charge is 0.490 e. The summed E-state index contributed by atoms with van der Waals surface area (Å²) in [6.07, 6.45) is 1.77. The van der Waals surface area contributed by atoms with E-state index >= 15 is 0 Å². The number of hydrogen-bond donors (Lipinski definition) is 2. The summed E-state index contributed by atoms with van der Waals surface area (Å²) < 4.78 is 12.4. The summed E-state index contributed by atoms with van der Waals surface area (Å²) in [5.41, 5.74) is 3.04. The quantitative estimate of drug-likeness (QED) is 0.214. The van der Waals surface area contributed by atoms with Gasteiger partial charge in [-0.3, -0.25) is 9.59 Å². The monoisotopic (exact) mass is 647 g/mol. The van der Waals surface area contributed by atoms with Gasteiger partial charge in [-0.15, -0.1) is 0 Å². The molecule has 1 aliphatic heterocycles. The molecule has 1 heterocycles. The Bertz CT molecular complexity index is 1400. The number of hydrogen-bond acceptors (Lipinski definition) is 6. The Morgan fingerprint density at radius 2 is 1.95 bits per heavy atom. The Morgan fingerprint density at radius 3 is 2.68 bits per heavy atom. The Morgan fingerprint density at radius 1 is 1.16 bits per heavy atom. The molecule has 2 amide bonds. The zero-order valence-electron chi connectivity index (χ0n) is 20.0. The topological polar surface area (TPSA) is 89.0 Å². The van der Waals surface area contributed by atoms with Crippen LogP contribution >= 0.6 is 46.0 Å². The number of anilines is 1. The summed E-state index contributed by atoms with van der Waals surface area (Å²) in [6, 6.07) is 18.4. The van der Waals surface area contributed by atoms with Gasteiger partial charge >= 0.3 is 0 Å². The maximum Gasteiger partial charge on any atom is 0.264 e. The van der Waals surface area contributed by atoms with Crippen LogP contribution in [0.4, 0.5) is 11.4 Å². The number of nitrogens with zero attached hydrogens (tertiary/aromatic N) is 1. The second-order valence-corrected chi connectivity index (χ2v) is 10.5. The van der Waals surface area contributed by atoms with Gasteiger partial charge in [0.2, 0.25) is 0 Å². The Hall–Kier alpha value is -3.02. The van der Waals surface area contributed by atoms with Gasteiger partial charge < -0.3 is 20.1 Å². The number of amides is 2. The highest BCUT2D eigenvalue weighted by Crippen LogP contribution is 2.36. The molecule has 37 heavy (non-hydrogen) atoms.